The maximum absolute atomic E-state index is 10.1. The molecule has 1 N–H and O–H groups in total. The number of fused-ring (bicyclic) bond motifs is 5. The summed E-state index contributed by atoms with van der Waals surface area (Å²) in [4.78, 5) is 0. The molecule has 0 heterocycles. The molecule has 4 aliphatic carbocycles. The molecule has 7 atom stereocenters. The summed E-state index contributed by atoms with van der Waals surface area (Å²) in [6.45, 7) is 17.4. The molecule has 0 aromatic rings. The first-order valence-electron chi connectivity index (χ1n) is 11.3. The zero-order valence-electron chi connectivity index (χ0n) is 18.2. The average molecular weight is 361 g/mol. The Kier molecular flexibility index (Phi) is 7.22. The molecule has 150 valence electrons. The van der Waals surface area contributed by atoms with Crippen LogP contribution in [0.1, 0.15) is 92.4 Å². The third kappa shape index (κ3) is 3.34. The Balaban J connectivity index is 0.000000570. The summed E-state index contributed by atoms with van der Waals surface area (Å²) in [5, 5.41) is 10.1. The summed E-state index contributed by atoms with van der Waals surface area (Å²) in [5.74, 6) is 3.65. The number of allylic oxidation sites excluding steroid dienone is 2. The fourth-order valence-electron chi connectivity index (χ4n) is 7.56. The topological polar surface area (TPSA) is 20.2 Å². The number of rotatable bonds is 0. The maximum atomic E-state index is 10.1. The molecule has 0 bridgehead atoms. The van der Waals surface area contributed by atoms with E-state index in [9.17, 15) is 5.11 Å². The van der Waals surface area contributed by atoms with Gasteiger partial charge in [0.15, 0.2) is 0 Å². The van der Waals surface area contributed by atoms with Crippen LogP contribution in [0.2, 0.25) is 0 Å². The summed E-state index contributed by atoms with van der Waals surface area (Å²) < 4.78 is 0. The quantitative estimate of drug-likeness (QED) is 0.454. The van der Waals surface area contributed by atoms with Gasteiger partial charge in [0.1, 0.15) is 0 Å². The Morgan fingerprint density at radius 2 is 1.65 bits per heavy atom. The molecule has 0 aliphatic heterocycles. The highest BCUT2D eigenvalue weighted by Crippen LogP contribution is 2.67. The largest absolute Gasteiger partial charge is 0.393 e. The number of hydrogen-bond donors (Lipinski definition) is 1. The van der Waals surface area contributed by atoms with E-state index < -0.39 is 0 Å². The molecule has 1 nitrogen and oxygen atoms in total. The predicted molar refractivity (Wildman–Crippen MR) is 114 cm³/mol. The van der Waals surface area contributed by atoms with Gasteiger partial charge in [-0.25, -0.2) is 0 Å². The van der Waals surface area contributed by atoms with Gasteiger partial charge in [-0.3, -0.25) is 0 Å². The SMILES string of the molecule is C/C=C1/CCC2C3CCC4CC(O)CCC4(C)C3CCC12C.C=C.CC. The van der Waals surface area contributed by atoms with Crippen LogP contribution in [0.5, 0.6) is 0 Å². The molecule has 1 heteroatoms. The molecule has 4 aliphatic rings. The van der Waals surface area contributed by atoms with Crippen molar-refractivity contribution < 1.29 is 5.11 Å². The van der Waals surface area contributed by atoms with E-state index in [0.717, 1.165) is 36.5 Å². The minimum atomic E-state index is -0.00964. The van der Waals surface area contributed by atoms with Crippen LogP contribution in [0.4, 0.5) is 0 Å². The van der Waals surface area contributed by atoms with E-state index in [-0.39, 0.29) is 6.10 Å². The standard InChI is InChI=1S/C21H34O.C2H6.C2H4/c1-4-14-6-8-18-17-7-5-15-13-16(22)9-11-21(15,3)19(17)10-12-20(14,18)2;2*1-2/h4,15-19,22H,5-13H2,1-3H3;1-2H3;1-2H2/b14-4-;;. The molecule has 4 rings (SSSR count). The van der Waals surface area contributed by atoms with Gasteiger partial charge >= 0.3 is 0 Å². The average Bonchev–Trinajstić information content (AvgIpc) is 3.02. The van der Waals surface area contributed by atoms with Crippen LogP contribution in [0.25, 0.3) is 0 Å². The zero-order chi connectivity index (χ0) is 19.5. The van der Waals surface area contributed by atoms with Crippen molar-refractivity contribution in [3.8, 4) is 0 Å². The lowest BCUT2D eigenvalue weighted by molar-refractivity contribution is -0.116. The van der Waals surface area contributed by atoms with Crippen LogP contribution in [-0.4, -0.2) is 11.2 Å². The lowest BCUT2D eigenvalue weighted by Gasteiger charge is -2.60. The van der Waals surface area contributed by atoms with Gasteiger partial charge in [0.25, 0.3) is 0 Å². The van der Waals surface area contributed by atoms with Crippen molar-refractivity contribution in [3.63, 3.8) is 0 Å². The molecule has 4 fully saturated rings. The first-order valence-corrected chi connectivity index (χ1v) is 11.3. The molecule has 7 unspecified atom stereocenters. The van der Waals surface area contributed by atoms with Crippen molar-refractivity contribution >= 4 is 0 Å². The van der Waals surface area contributed by atoms with Gasteiger partial charge in [-0.05, 0) is 99.2 Å². The first-order chi connectivity index (χ1) is 12.5. The van der Waals surface area contributed by atoms with E-state index in [4.69, 9.17) is 0 Å². The Morgan fingerprint density at radius 3 is 2.31 bits per heavy atom. The number of hydrogen-bond acceptors (Lipinski definition) is 1. The highest BCUT2D eigenvalue weighted by atomic mass is 16.3. The monoisotopic (exact) mass is 360 g/mol. The highest BCUT2D eigenvalue weighted by Gasteiger charge is 2.58. The van der Waals surface area contributed by atoms with Crippen molar-refractivity contribution in [1.82, 2.24) is 0 Å². The Hall–Kier alpha value is -0.560. The predicted octanol–water partition coefficient (Wildman–Crippen LogP) is 7.16. The van der Waals surface area contributed by atoms with Crippen molar-refractivity contribution in [2.24, 2.45) is 34.5 Å². The van der Waals surface area contributed by atoms with E-state index in [0.29, 0.717) is 10.8 Å². The molecular formula is C25H44O. The van der Waals surface area contributed by atoms with Gasteiger partial charge in [0.2, 0.25) is 0 Å². The Bertz CT molecular complexity index is 494. The van der Waals surface area contributed by atoms with Crippen molar-refractivity contribution in [2.45, 2.75) is 98.5 Å². The number of aliphatic hydroxyl groups excluding tert-OH is 1. The minimum Gasteiger partial charge on any atom is -0.393 e. The van der Waals surface area contributed by atoms with Crippen molar-refractivity contribution in [3.05, 3.63) is 24.8 Å². The lowest BCUT2D eigenvalue weighted by atomic mass is 9.45. The molecule has 0 amide bonds. The molecule has 0 aromatic heterocycles. The fourth-order valence-corrected chi connectivity index (χ4v) is 7.56. The molecule has 0 saturated heterocycles. The second-order valence-corrected chi connectivity index (χ2v) is 9.39. The van der Waals surface area contributed by atoms with E-state index in [1.807, 2.05) is 13.8 Å². The molecule has 0 radical (unpaired) electrons. The molecule has 0 aromatic carbocycles. The lowest BCUT2D eigenvalue weighted by Crippen LogP contribution is -2.53. The summed E-state index contributed by atoms with van der Waals surface area (Å²) >= 11 is 0. The summed E-state index contributed by atoms with van der Waals surface area (Å²) in [7, 11) is 0. The fraction of sp³-hybridized carbons (Fsp3) is 0.840. The summed E-state index contributed by atoms with van der Waals surface area (Å²) in [5.41, 5.74) is 2.82. The summed E-state index contributed by atoms with van der Waals surface area (Å²) in [6.07, 6.45) is 14.3. The van der Waals surface area contributed by atoms with E-state index in [1.54, 1.807) is 5.57 Å². The highest BCUT2D eigenvalue weighted by molar-refractivity contribution is 5.23. The smallest absolute Gasteiger partial charge is 0.0543 e. The van der Waals surface area contributed by atoms with Crippen LogP contribution in [-0.2, 0) is 0 Å². The third-order valence-corrected chi connectivity index (χ3v) is 8.83. The van der Waals surface area contributed by atoms with Crippen molar-refractivity contribution in [2.75, 3.05) is 0 Å². The van der Waals surface area contributed by atoms with Crippen molar-refractivity contribution in [1.29, 1.82) is 0 Å². The molecule has 4 saturated carbocycles. The van der Waals surface area contributed by atoms with Crippen LogP contribution < -0.4 is 0 Å². The normalized spacial score (nSPS) is 48.1. The van der Waals surface area contributed by atoms with E-state index in [2.05, 4.69) is 40.0 Å². The van der Waals surface area contributed by atoms with E-state index >= 15 is 0 Å². The Morgan fingerprint density at radius 1 is 0.962 bits per heavy atom. The third-order valence-electron chi connectivity index (χ3n) is 8.83. The minimum absolute atomic E-state index is 0.00964. The van der Waals surface area contributed by atoms with Crippen LogP contribution in [0, 0.1) is 34.5 Å². The van der Waals surface area contributed by atoms with Gasteiger partial charge in [0, 0.05) is 0 Å². The van der Waals surface area contributed by atoms with Gasteiger partial charge in [-0.2, -0.15) is 0 Å². The van der Waals surface area contributed by atoms with Gasteiger partial charge < -0.3 is 5.11 Å². The second kappa shape index (κ2) is 8.63. The first kappa shape index (κ1) is 21.7. The molecule has 26 heavy (non-hydrogen) atoms. The Labute approximate surface area is 163 Å². The maximum Gasteiger partial charge on any atom is 0.0543 e. The molecule has 0 spiro atoms. The van der Waals surface area contributed by atoms with Crippen LogP contribution in [0.3, 0.4) is 0 Å². The summed E-state index contributed by atoms with van der Waals surface area (Å²) in [6, 6.07) is 0. The zero-order valence-corrected chi connectivity index (χ0v) is 18.2. The van der Waals surface area contributed by atoms with Crippen LogP contribution >= 0.6 is 0 Å². The second-order valence-electron chi connectivity index (χ2n) is 9.39. The van der Waals surface area contributed by atoms with Gasteiger partial charge in [-0.15, -0.1) is 13.2 Å². The van der Waals surface area contributed by atoms with Crippen LogP contribution in [0.15, 0.2) is 24.8 Å². The van der Waals surface area contributed by atoms with Gasteiger partial charge in [-0.1, -0.05) is 39.3 Å². The number of aliphatic hydroxyl groups is 1. The van der Waals surface area contributed by atoms with Gasteiger partial charge in [0.05, 0.1) is 6.10 Å². The van der Waals surface area contributed by atoms with E-state index in [1.165, 1.54) is 44.9 Å². The molecular weight excluding hydrogens is 316 g/mol.